The predicted molar refractivity (Wildman–Crippen MR) is 58.2 cm³/mol. The van der Waals surface area contributed by atoms with Gasteiger partial charge in [0.25, 0.3) is 0 Å². The molecular weight excluding hydrogens is 233 g/mol. The third-order valence-corrected chi connectivity index (χ3v) is 3.26. The second-order valence-electron chi connectivity index (χ2n) is 4.54. The maximum absolute atomic E-state index is 11.9. The lowest BCUT2D eigenvalue weighted by Gasteiger charge is -2.29. The summed E-state index contributed by atoms with van der Waals surface area (Å²) >= 11 is 0. The molecule has 17 heavy (non-hydrogen) atoms. The van der Waals surface area contributed by atoms with E-state index in [1.165, 1.54) is 0 Å². The second kappa shape index (κ2) is 6.23. The van der Waals surface area contributed by atoms with Gasteiger partial charge >= 0.3 is 6.18 Å². The van der Waals surface area contributed by atoms with Crippen LogP contribution in [0.25, 0.3) is 0 Å². The zero-order chi connectivity index (χ0) is 12.9. The maximum Gasteiger partial charge on any atom is 0.390 e. The molecule has 0 aromatic rings. The topological polar surface area (TPSA) is 55.1 Å². The van der Waals surface area contributed by atoms with Crippen LogP contribution in [-0.4, -0.2) is 25.2 Å². The zero-order valence-electron chi connectivity index (χ0n) is 9.72. The molecule has 0 bridgehead atoms. The minimum absolute atomic E-state index is 0.120. The molecule has 0 spiro atoms. The van der Waals surface area contributed by atoms with Crippen LogP contribution in [0.5, 0.6) is 0 Å². The molecule has 6 heteroatoms. The fraction of sp³-hybridized carbons (Fsp3) is 0.909. The molecule has 0 radical (unpaired) electrons. The van der Waals surface area contributed by atoms with E-state index in [0.717, 1.165) is 25.7 Å². The molecule has 3 nitrogen and oxygen atoms in total. The summed E-state index contributed by atoms with van der Waals surface area (Å²) in [6.45, 7) is 0.0908. The monoisotopic (exact) mass is 252 g/mol. The van der Waals surface area contributed by atoms with E-state index in [4.69, 9.17) is 5.73 Å². The number of carbonyl (C=O) groups excluding carboxylic acids is 1. The van der Waals surface area contributed by atoms with Crippen molar-refractivity contribution >= 4 is 5.91 Å². The number of carbonyl (C=O) groups is 1. The Balaban J connectivity index is 2.35. The van der Waals surface area contributed by atoms with E-state index < -0.39 is 12.6 Å². The summed E-state index contributed by atoms with van der Waals surface area (Å²) in [4.78, 5) is 11.7. The van der Waals surface area contributed by atoms with E-state index in [2.05, 4.69) is 5.32 Å². The Labute approximate surface area is 98.9 Å². The Kier molecular flexibility index (Phi) is 5.24. The van der Waals surface area contributed by atoms with Crippen molar-refractivity contribution in [1.82, 2.24) is 5.32 Å². The third-order valence-electron chi connectivity index (χ3n) is 3.26. The smallest absolute Gasteiger partial charge is 0.356 e. The first-order valence-corrected chi connectivity index (χ1v) is 5.98. The number of alkyl halides is 3. The first-order valence-electron chi connectivity index (χ1n) is 5.98. The van der Waals surface area contributed by atoms with Gasteiger partial charge in [0.2, 0.25) is 5.91 Å². The molecule has 0 heterocycles. The van der Waals surface area contributed by atoms with Gasteiger partial charge in [-0.2, -0.15) is 13.2 Å². The van der Waals surface area contributed by atoms with Crippen molar-refractivity contribution < 1.29 is 18.0 Å². The minimum Gasteiger partial charge on any atom is -0.356 e. The van der Waals surface area contributed by atoms with Crippen LogP contribution in [0.4, 0.5) is 13.2 Å². The summed E-state index contributed by atoms with van der Waals surface area (Å²) < 4.78 is 35.8. The average molecular weight is 252 g/mol. The van der Waals surface area contributed by atoms with E-state index in [1.54, 1.807) is 0 Å². The van der Waals surface area contributed by atoms with Gasteiger partial charge in [-0.3, -0.25) is 4.79 Å². The van der Waals surface area contributed by atoms with E-state index in [9.17, 15) is 18.0 Å². The van der Waals surface area contributed by atoms with Crippen LogP contribution in [0.3, 0.4) is 0 Å². The van der Waals surface area contributed by atoms with Crippen molar-refractivity contribution in [2.75, 3.05) is 13.1 Å². The number of amides is 1. The van der Waals surface area contributed by atoms with Gasteiger partial charge in [-0.15, -0.1) is 0 Å². The van der Waals surface area contributed by atoms with Crippen molar-refractivity contribution in [2.24, 2.45) is 17.6 Å². The quantitative estimate of drug-likeness (QED) is 0.802. The third kappa shape index (κ3) is 4.93. The number of nitrogens with one attached hydrogen (secondary N) is 1. The number of hydrogen-bond acceptors (Lipinski definition) is 2. The summed E-state index contributed by atoms with van der Waals surface area (Å²) in [5, 5.41) is 2.36. The molecular formula is C11H19F3N2O. The van der Waals surface area contributed by atoms with Gasteiger partial charge in [-0.05, 0) is 25.3 Å². The number of hydrogen-bond donors (Lipinski definition) is 2. The standard InChI is InChI=1S/C11H19F3N2O/c12-11(13,14)5-6-16-10(17)9-4-2-1-3-8(9)7-15/h8-9H,1-7,15H2,(H,16,17). The van der Waals surface area contributed by atoms with Crippen molar-refractivity contribution in [3.8, 4) is 0 Å². The van der Waals surface area contributed by atoms with Crippen LogP contribution in [0.2, 0.25) is 0 Å². The number of nitrogens with two attached hydrogens (primary N) is 1. The predicted octanol–water partition coefficient (Wildman–Crippen LogP) is 1.82. The van der Waals surface area contributed by atoms with Crippen LogP contribution in [-0.2, 0) is 4.79 Å². The lowest BCUT2D eigenvalue weighted by atomic mass is 9.79. The summed E-state index contributed by atoms with van der Waals surface area (Å²) in [6.07, 6.45) is -1.55. The van der Waals surface area contributed by atoms with Gasteiger partial charge in [-0.1, -0.05) is 12.8 Å². The lowest BCUT2D eigenvalue weighted by molar-refractivity contribution is -0.137. The van der Waals surface area contributed by atoms with Gasteiger partial charge in [-0.25, -0.2) is 0 Å². The SMILES string of the molecule is NCC1CCCCC1C(=O)NCCC(F)(F)F. The first kappa shape index (κ1) is 14.3. The molecule has 0 aromatic heterocycles. The molecule has 100 valence electrons. The Morgan fingerprint density at radius 3 is 2.53 bits per heavy atom. The Morgan fingerprint density at radius 2 is 1.94 bits per heavy atom. The van der Waals surface area contributed by atoms with Crippen LogP contribution < -0.4 is 11.1 Å². The van der Waals surface area contributed by atoms with Gasteiger partial charge in [0.1, 0.15) is 0 Å². The highest BCUT2D eigenvalue weighted by Crippen LogP contribution is 2.29. The van der Waals surface area contributed by atoms with Crippen molar-refractivity contribution in [3.63, 3.8) is 0 Å². The van der Waals surface area contributed by atoms with Crippen molar-refractivity contribution in [3.05, 3.63) is 0 Å². The molecule has 1 amide bonds. The van der Waals surface area contributed by atoms with E-state index in [1.807, 2.05) is 0 Å². The normalized spacial score (nSPS) is 25.6. The highest BCUT2D eigenvalue weighted by molar-refractivity contribution is 5.79. The molecule has 1 fully saturated rings. The van der Waals surface area contributed by atoms with Gasteiger partial charge in [0.05, 0.1) is 6.42 Å². The van der Waals surface area contributed by atoms with Gasteiger partial charge in [0, 0.05) is 12.5 Å². The summed E-state index contributed by atoms with van der Waals surface area (Å²) in [6, 6.07) is 0. The van der Waals surface area contributed by atoms with E-state index in [0.29, 0.717) is 6.54 Å². The minimum atomic E-state index is -4.22. The molecule has 2 unspecified atom stereocenters. The van der Waals surface area contributed by atoms with Crippen molar-refractivity contribution in [2.45, 2.75) is 38.3 Å². The molecule has 1 saturated carbocycles. The molecule has 1 aliphatic carbocycles. The summed E-state index contributed by atoms with van der Waals surface area (Å²) in [7, 11) is 0. The summed E-state index contributed by atoms with van der Waals surface area (Å²) in [5.41, 5.74) is 5.57. The molecule has 3 N–H and O–H groups in total. The van der Waals surface area contributed by atoms with Crippen LogP contribution in [0, 0.1) is 11.8 Å². The van der Waals surface area contributed by atoms with E-state index >= 15 is 0 Å². The Morgan fingerprint density at radius 1 is 1.29 bits per heavy atom. The van der Waals surface area contributed by atoms with Crippen LogP contribution in [0.1, 0.15) is 32.1 Å². The van der Waals surface area contributed by atoms with Crippen LogP contribution in [0.15, 0.2) is 0 Å². The van der Waals surface area contributed by atoms with Gasteiger partial charge in [0.15, 0.2) is 0 Å². The van der Waals surface area contributed by atoms with Gasteiger partial charge < -0.3 is 11.1 Å². The van der Waals surface area contributed by atoms with Crippen LogP contribution >= 0.6 is 0 Å². The maximum atomic E-state index is 11.9. The fourth-order valence-corrected chi connectivity index (χ4v) is 2.29. The Hall–Kier alpha value is -0.780. The highest BCUT2D eigenvalue weighted by atomic mass is 19.4. The molecule has 0 aromatic carbocycles. The fourth-order valence-electron chi connectivity index (χ4n) is 2.29. The average Bonchev–Trinajstić information content (AvgIpc) is 2.27. The van der Waals surface area contributed by atoms with E-state index in [-0.39, 0.29) is 24.3 Å². The molecule has 0 saturated heterocycles. The Bertz CT molecular complexity index is 256. The molecule has 1 aliphatic rings. The highest BCUT2D eigenvalue weighted by Gasteiger charge is 2.31. The molecule has 0 aliphatic heterocycles. The zero-order valence-corrected chi connectivity index (χ0v) is 9.72. The second-order valence-corrected chi connectivity index (χ2v) is 4.54. The number of rotatable bonds is 4. The molecule has 2 atom stereocenters. The van der Waals surface area contributed by atoms with Crippen molar-refractivity contribution in [1.29, 1.82) is 0 Å². The summed E-state index contributed by atoms with van der Waals surface area (Å²) in [5.74, 6) is -0.360. The number of halogens is 3. The lowest BCUT2D eigenvalue weighted by Crippen LogP contribution is -2.40. The largest absolute Gasteiger partial charge is 0.390 e. The first-order chi connectivity index (χ1) is 7.94. The molecule has 1 rings (SSSR count).